The maximum Gasteiger partial charge on any atom is 0.0843 e. The Morgan fingerprint density at radius 2 is 2.00 bits per heavy atom. The molecule has 0 spiro atoms. The number of benzene rings is 1. The molecule has 1 aliphatic rings. The minimum absolute atomic E-state index is 0.173. The van der Waals surface area contributed by atoms with Crippen molar-refractivity contribution in [2.45, 2.75) is 32.4 Å². The number of aliphatic hydroxyl groups excluding tert-OH is 1. The van der Waals surface area contributed by atoms with Crippen LogP contribution in [0.1, 0.15) is 25.5 Å². The molecule has 20 heavy (non-hydrogen) atoms. The standard InChI is InChI=1S/C16H23N3O/c1-12(20)13-7-9-19(10-8-13)11-15-14-5-3-4-6-16(14)18(2)17-15/h3-6,12-13,20H,7-11H2,1-2H3. The molecule has 0 bridgehead atoms. The van der Waals surface area contributed by atoms with Crippen molar-refractivity contribution in [2.75, 3.05) is 13.1 Å². The van der Waals surface area contributed by atoms with Gasteiger partial charge in [0.15, 0.2) is 0 Å². The average molecular weight is 273 g/mol. The highest BCUT2D eigenvalue weighted by Crippen LogP contribution is 2.24. The average Bonchev–Trinajstić information content (AvgIpc) is 2.77. The van der Waals surface area contributed by atoms with Crippen LogP contribution in [0.5, 0.6) is 0 Å². The Morgan fingerprint density at radius 1 is 1.30 bits per heavy atom. The molecule has 1 aromatic heterocycles. The van der Waals surface area contributed by atoms with Gasteiger partial charge in [-0.1, -0.05) is 18.2 Å². The van der Waals surface area contributed by atoms with E-state index in [0.29, 0.717) is 5.92 Å². The van der Waals surface area contributed by atoms with Crippen molar-refractivity contribution < 1.29 is 5.11 Å². The lowest BCUT2D eigenvalue weighted by molar-refractivity contribution is 0.0692. The van der Waals surface area contributed by atoms with Gasteiger partial charge in [0, 0.05) is 19.0 Å². The van der Waals surface area contributed by atoms with Gasteiger partial charge in [0.05, 0.1) is 17.3 Å². The van der Waals surface area contributed by atoms with Crippen molar-refractivity contribution in [3.8, 4) is 0 Å². The van der Waals surface area contributed by atoms with Gasteiger partial charge in [0.25, 0.3) is 0 Å². The number of likely N-dealkylation sites (tertiary alicyclic amines) is 1. The first-order chi connectivity index (χ1) is 9.65. The van der Waals surface area contributed by atoms with Gasteiger partial charge < -0.3 is 5.11 Å². The number of nitrogens with zero attached hydrogens (tertiary/aromatic N) is 3. The van der Waals surface area contributed by atoms with Crippen LogP contribution in [0, 0.1) is 5.92 Å². The zero-order chi connectivity index (χ0) is 14.1. The molecule has 1 N–H and O–H groups in total. The lowest BCUT2D eigenvalue weighted by atomic mass is 9.92. The highest BCUT2D eigenvalue weighted by molar-refractivity contribution is 5.81. The number of para-hydroxylation sites is 1. The SMILES string of the molecule is CC(O)C1CCN(Cc2nn(C)c3ccccc23)CC1. The highest BCUT2D eigenvalue weighted by Gasteiger charge is 2.23. The quantitative estimate of drug-likeness (QED) is 0.932. The molecular weight excluding hydrogens is 250 g/mol. The third-order valence-electron chi connectivity index (χ3n) is 4.52. The second kappa shape index (κ2) is 5.54. The van der Waals surface area contributed by atoms with Crippen LogP contribution in [0.15, 0.2) is 24.3 Å². The highest BCUT2D eigenvalue weighted by atomic mass is 16.3. The van der Waals surface area contributed by atoms with Crippen molar-refractivity contribution >= 4 is 10.9 Å². The lowest BCUT2D eigenvalue weighted by Gasteiger charge is -2.32. The van der Waals surface area contributed by atoms with Crippen molar-refractivity contribution in [1.82, 2.24) is 14.7 Å². The number of rotatable bonds is 3. The normalized spacial score (nSPS) is 19.6. The van der Waals surface area contributed by atoms with Gasteiger partial charge in [-0.2, -0.15) is 5.10 Å². The van der Waals surface area contributed by atoms with E-state index >= 15 is 0 Å². The third kappa shape index (κ3) is 2.58. The van der Waals surface area contributed by atoms with Crippen LogP contribution >= 0.6 is 0 Å². The van der Waals surface area contributed by atoms with E-state index in [1.54, 1.807) is 0 Å². The number of aromatic nitrogens is 2. The molecular formula is C16H23N3O. The summed E-state index contributed by atoms with van der Waals surface area (Å²) >= 11 is 0. The van der Waals surface area contributed by atoms with E-state index in [1.807, 2.05) is 18.7 Å². The number of aryl methyl sites for hydroxylation is 1. The van der Waals surface area contributed by atoms with E-state index in [4.69, 9.17) is 0 Å². The molecule has 2 heterocycles. The van der Waals surface area contributed by atoms with Crippen LogP contribution in [0.25, 0.3) is 10.9 Å². The van der Waals surface area contributed by atoms with Gasteiger partial charge in [0.2, 0.25) is 0 Å². The van der Waals surface area contributed by atoms with Gasteiger partial charge in [-0.05, 0) is 44.8 Å². The van der Waals surface area contributed by atoms with E-state index in [0.717, 1.165) is 32.5 Å². The van der Waals surface area contributed by atoms with E-state index in [1.165, 1.54) is 16.6 Å². The fourth-order valence-corrected chi connectivity index (χ4v) is 3.21. The van der Waals surface area contributed by atoms with Gasteiger partial charge in [0.1, 0.15) is 0 Å². The maximum absolute atomic E-state index is 9.66. The zero-order valence-electron chi connectivity index (χ0n) is 12.3. The molecule has 0 aliphatic carbocycles. The third-order valence-corrected chi connectivity index (χ3v) is 4.52. The molecule has 2 aromatic rings. The molecule has 1 aliphatic heterocycles. The molecule has 0 saturated carbocycles. The summed E-state index contributed by atoms with van der Waals surface area (Å²) in [5, 5.41) is 15.6. The van der Waals surface area contributed by atoms with Crippen LogP contribution < -0.4 is 0 Å². The molecule has 4 heteroatoms. The molecule has 1 fully saturated rings. The first-order valence-corrected chi connectivity index (χ1v) is 7.46. The fraction of sp³-hybridized carbons (Fsp3) is 0.562. The lowest BCUT2D eigenvalue weighted by Crippen LogP contribution is -2.36. The molecule has 3 rings (SSSR count). The molecule has 4 nitrogen and oxygen atoms in total. The van der Waals surface area contributed by atoms with Crippen LogP contribution in [-0.2, 0) is 13.6 Å². The number of aliphatic hydroxyl groups is 1. The second-order valence-electron chi connectivity index (χ2n) is 5.94. The summed E-state index contributed by atoms with van der Waals surface area (Å²) in [4.78, 5) is 2.45. The number of hydrogen-bond acceptors (Lipinski definition) is 3. The topological polar surface area (TPSA) is 41.3 Å². The van der Waals surface area contributed by atoms with Crippen molar-refractivity contribution in [1.29, 1.82) is 0 Å². The predicted octanol–water partition coefficient (Wildman–Crippen LogP) is 2.17. The molecule has 1 saturated heterocycles. The summed E-state index contributed by atoms with van der Waals surface area (Å²) in [5.41, 5.74) is 2.36. The second-order valence-corrected chi connectivity index (χ2v) is 5.94. The van der Waals surface area contributed by atoms with Crippen LogP contribution in [0.3, 0.4) is 0 Å². The minimum atomic E-state index is -0.173. The van der Waals surface area contributed by atoms with Crippen molar-refractivity contribution in [2.24, 2.45) is 13.0 Å². The van der Waals surface area contributed by atoms with Crippen LogP contribution in [-0.4, -0.2) is 39.0 Å². The first kappa shape index (κ1) is 13.6. The Hall–Kier alpha value is -1.39. The number of hydrogen-bond donors (Lipinski definition) is 1. The van der Waals surface area contributed by atoms with Gasteiger partial charge in [-0.3, -0.25) is 9.58 Å². The Balaban J connectivity index is 1.72. The Morgan fingerprint density at radius 3 is 2.70 bits per heavy atom. The number of fused-ring (bicyclic) bond motifs is 1. The summed E-state index contributed by atoms with van der Waals surface area (Å²) in [6.45, 7) is 4.93. The van der Waals surface area contributed by atoms with Gasteiger partial charge >= 0.3 is 0 Å². The summed E-state index contributed by atoms with van der Waals surface area (Å²) in [5.74, 6) is 0.465. The Labute approximate surface area is 120 Å². The minimum Gasteiger partial charge on any atom is -0.393 e. The number of piperidine rings is 1. The monoisotopic (exact) mass is 273 g/mol. The van der Waals surface area contributed by atoms with E-state index in [-0.39, 0.29) is 6.10 Å². The van der Waals surface area contributed by atoms with Gasteiger partial charge in [-0.25, -0.2) is 0 Å². The summed E-state index contributed by atoms with van der Waals surface area (Å²) in [6, 6.07) is 8.40. The van der Waals surface area contributed by atoms with Crippen LogP contribution in [0.4, 0.5) is 0 Å². The first-order valence-electron chi connectivity index (χ1n) is 7.46. The van der Waals surface area contributed by atoms with E-state index < -0.39 is 0 Å². The molecule has 1 unspecified atom stereocenters. The van der Waals surface area contributed by atoms with E-state index in [9.17, 15) is 5.11 Å². The zero-order valence-corrected chi connectivity index (χ0v) is 12.3. The summed E-state index contributed by atoms with van der Waals surface area (Å²) < 4.78 is 1.97. The smallest absolute Gasteiger partial charge is 0.0843 e. The van der Waals surface area contributed by atoms with E-state index in [2.05, 4.69) is 34.3 Å². The Kier molecular flexibility index (Phi) is 3.76. The fourth-order valence-electron chi connectivity index (χ4n) is 3.21. The molecule has 108 valence electrons. The molecule has 0 amide bonds. The molecule has 1 aromatic carbocycles. The molecule has 0 radical (unpaired) electrons. The van der Waals surface area contributed by atoms with Gasteiger partial charge in [-0.15, -0.1) is 0 Å². The molecule has 1 atom stereocenters. The maximum atomic E-state index is 9.66. The summed E-state index contributed by atoms with van der Waals surface area (Å²) in [7, 11) is 2.01. The largest absolute Gasteiger partial charge is 0.393 e. The van der Waals surface area contributed by atoms with Crippen molar-refractivity contribution in [3.63, 3.8) is 0 Å². The van der Waals surface area contributed by atoms with Crippen molar-refractivity contribution in [3.05, 3.63) is 30.0 Å². The van der Waals surface area contributed by atoms with Crippen LogP contribution in [0.2, 0.25) is 0 Å². The Bertz CT molecular complexity index is 582. The summed E-state index contributed by atoms with van der Waals surface area (Å²) in [6.07, 6.45) is 2.00. The predicted molar refractivity (Wildman–Crippen MR) is 80.4 cm³/mol.